The van der Waals surface area contributed by atoms with E-state index >= 15 is 0 Å². The van der Waals surface area contributed by atoms with E-state index in [2.05, 4.69) is 0 Å². The van der Waals surface area contributed by atoms with Crippen LogP contribution < -0.4 is 4.90 Å². The van der Waals surface area contributed by atoms with Gasteiger partial charge in [-0.3, -0.25) is 4.79 Å². The van der Waals surface area contributed by atoms with Crippen molar-refractivity contribution < 1.29 is 13.2 Å². The Balaban J connectivity index is 1.86. The Kier molecular flexibility index (Phi) is 3.98. The lowest BCUT2D eigenvalue weighted by molar-refractivity contribution is -0.116. The SMILES string of the molecule is Cc1ccc(S(=O)(=O)CC(=O)N2c3ccccc3C[C@@H]2C)cc1. The standard InChI is InChI=1S/C18H19NO3S/c1-13-7-9-16(10-8-13)23(21,22)12-18(20)19-14(2)11-15-5-3-4-6-17(15)19/h3-10,14H,11-12H2,1-2H3/t14-/m0/s1. The van der Waals surface area contributed by atoms with Gasteiger partial charge < -0.3 is 4.90 Å². The molecule has 0 N–H and O–H groups in total. The van der Waals surface area contributed by atoms with Gasteiger partial charge in [-0.1, -0.05) is 35.9 Å². The minimum Gasteiger partial charge on any atom is -0.308 e. The third-order valence-corrected chi connectivity index (χ3v) is 5.79. The number of benzene rings is 2. The summed E-state index contributed by atoms with van der Waals surface area (Å²) in [6, 6.07) is 14.2. The van der Waals surface area contributed by atoms with Gasteiger partial charge in [-0.05, 0) is 44.0 Å². The maximum Gasteiger partial charge on any atom is 0.242 e. The minimum atomic E-state index is -3.63. The first-order chi connectivity index (χ1) is 10.9. The number of aryl methyl sites for hydroxylation is 1. The van der Waals surface area contributed by atoms with Crippen molar-refractivity contribution in [1.29, 1.82) is 0 Å². The number of carbonyl (C=O) groups is 1. The van der Waals surface area contributed by atoms with Crippen LogP contribution in [0, 0.1) is 6.92 Å². The molecule has 3 rings (SSSR count). The minimum absolute atomic E-state index is 0.0203. The fourth-order valence-corrected chi connectivity index (χ4v) is 4.19. The van der Waals surface area contributed by atoms with Crippen molar-refractivity contribution in [1.82, 2.24) is 0 Å². The van der Waals surface area contributed by atoms with Crippen LogP contribution in [0.2, 0.25) is 0 Å². The van der Waals surface area contributed by atoms with Gasteiger partial charge in [0.1, 0.15) is 5.75 Å². The maximum atomic E-state index is 12.6. The fraction of sp³-hybridized carbons (Fsp3) is 0.278. The summed E-state index contributed by atoms with van der Waals surface area (Å²) in [6.07, 6.45) is 0.756. The summed E-state index contributed by atoms with van der Waals surface area (Å²) in [7, 11) is -3.63. The van der Waals surface area contributed by atoms with E-state index in [0.29, 0.717) is 0 Å². The molecule has 0 aromatic heterocycles. The van der Waals surface area contributed by atoms with Gasteiger partial charge in [0.2, 0.25) is 5.91 Å². The number of fused-ring (bicyclic) bond motifs is 1. The highest BCUT2D eigenvalue weighted by atomic mass is 32.2. The number of hydrogen-bond acceptors (Lipinski definition) is 3. The quantitative estimate of drug-likeness (QED) is 0.870. The lowest BCUT2D eigenvalue weighted by Gasteiger charge is -2.22. The van der Waals surface area contributed by atoms with Crippen LogP contribution in [0.4, 0.5) is 5.69 Å². The zero-order valence-electron chi connectivity index (χ0n) is 13.2. The summed E-state index contributed by atoms with van der Waals surface area (Å²) in [5.74, 6) is -0.877. The van der Waals surface area contributed by atoms with Crippen LogP contribution in [0.15, 0.2) is 53.4 Å². The summed E-state index contributed by atoms with van der Waals surface area (Å²) in [6.45, 7) is 3.83. The molecule has 0 unspecified atom stereocenters. The highest BCUT2D eigenvalue weighted by molar-refractivity contribution is 7.92. The molecule has 0 saturated heterocycles. The first kappa shape index (κ1) is 15.7. The molecular formula is C18H19NO3S. The number of hydrogen-bond donors (Lipinski definition) is 0. The summed E-state index contributed by atoms with van der Waals surface area (Å²) in [5.41, 5.74) is 2.89. The van der Waals surface area contributed by atoms with Crippen LogP contribution in [-0.4, -0.2) is 26.1 Å². The Morgan fingerprint density at radius 2 is 1.78 bits per heavy atom. The predicted octanol–water partition coefficient (Wildman–Crippen LogP) is 2.75. The number of carbonyl (C=O) groups excluding carboxylic acids is 1. The third kappa shape index (κ3) is 3.01. The highest BCUT2D eigenvalue weighted by Gasteiger charge is 2.33. The first-order valence-corrected chi connectivity index (χ1v) is 9.23. The molecule has 1 aliphatic heterocycles. The average Bonchev–Trinajstić information content (AvgIpc) is 2.83. The van der Waals surface area contributed by atoms with E-state index in [-0.39, 0.29) is 16.8 Å². The molecule has 23 heavy (non-hydrogen) atoms. The number of anilines is 1. The molecule has 0 bridgehead atoms. The first-order valence-electron chi connectivity index (χ1n) is 7.58. The normalized spacial score (nSPS) is 17.1. The number of sulfone groups is 1. The van der Waals surface area contributed by atoms with Crippen LogP contribution in [0.25, 0.3) is 0 Å². The second-order valence-corrected chi connectivity index (χ2v) is 8.01. The molecule has 1 atom stereocenters. The lowest BCUT2D eigenvalue weighted by atomic mass is 10.1. The Bertz CT molecular complexity index is 841. The molecule has 0 radical (unpaired) electrons. The molecule has 0 fully saturated rings. The van der Waals surface area contributed by atoms with Gasteiger partial charge in [-0.2, -0.15) is 0 Å². The molecule has 4 nitrogen and oxygen atoms in total. The lowest BCUT2D eigenvalue weighted by Crippen LogP contribution is -2.39. The molecule has 0 spiro atoms. The van der Waals surface area contributed by atoms with Crippen molar-refractivity contribution in [2.45, 2.75) is 31.2 Å². The van der Waals surface area contributed by atoms with Crippen molar-refractivity contribution >= 4 is 21.4 Å². The molecule has 1 amide bonds. The van der Waals surface area contributed by atoms with Gasteiger partial charge in [0.05, 0.1) is 4.90 Å². The second-order valence-electron chi connectivity index (χ2n) is 6.02. The summed E-state index contributed by atoms with van der Waals surface area (Å²) >= 11 is 0. The molecule has 1 heterocycles. The van der Waals surface area contributed by atoms with Gasteiger partial charge in [-0.25, -0.2) is 8.42 Å². The summed E-state index contributed by atoms with van der Waals surface area (Å²) in [5, 5.41) is 0. The second kappa shape index (κ2) is 5.81. The Morgan fingerprint density at radius 1 is 1.13 bits per heavy atom. The topological polar surface area (TPSA) is 54.5 Å². The van der Waals surface area contributed by atoms with Crippen LogP contribution in [0.3, 0.4) is 0 Å². The van der Waals surface area contributed by atoms with Crippen LogP contribution in [0.1, 0.15) is 18.1 Å². The fourth-order valence-electron chi connectivity index (χ4n) is 3.01. The Morgan fingerprint density at radius 3 is 2.48 bits per heavy atom. The molecule has 2 aromatic carbocycles. The van der Waals surface area contributed by atoms with Crippen molar-refractivity contribution in [2.24, 2.45) is 0 Å². The van der Waals surface area contributed by atoms with Crippen molar-refractivity contribution in [3.63, 3.8) is 0 Å². The number of amides is 1. The number of rotatable bonds is 3. The predicted molar refractivity (Wildman–Crippen MR) is 90.3 cm³/mol. The van der Waals surface area contributed by atoms with Crippen molar-refractivity contribution in [2.75, 3.05) is 10.7 Å². The van der Waals surface area contributed by atoms with Crippen LogP contribution in [0.5, 0.6) is 0 Å². The molecule has 0 saturated carbocycles. The van der Waals surface area contributed by atoms with Gasteiger partial charge in [0.15, 0.2) is 9.84 Å². The molecule has 2 aromatic rings. The largest absolute Gasteiger partial charge is 0.308 e. The van der Waals surface area contributed by atoms with Crippen LogP contribution in [-0.2, 0) is 21.1 Å². The average molecular weight is 329 g/mol. The zero-order chi connectivity index (χ0) is 16.6. The van der Waals surface area contributed by atoms with E-state index in [4.69, 9.17) is 0 Å². The van der Waals surface area contributed by atoms with E-state index in [0.717, 1.165) is 23.2 Å². The Hall–Kier alpha value is -2.14. The number of nitrogens with zero attached hydrogens (tertiary/aromatic N) is 1. The van der Waals surface area contributed by atoms with Crippen molar-refractivity contribution in [3.05, 3.63) is 59.7 Å². The van der Waals surface area contributed by atoms with Gasteiger partial charge in [0.25, 0.3) is 0 Å². The molecule has 120 valence electrons. The highest BCUT2D eigenvalue weighted by Crippen LogP contribution is 2.32. The third-order valence-electron chi connectivity index (χ3n) is 4.17. The van der Waals surface area contributed by atoms with E-state index in [9.17, 15) is 13.2 Å². The molecule has 1 aliphatic rings. The van der Waals surface area contributed by atoms with Crippen molar-refractivity contribution in [3.8, 4) is 0 Å². The molecule has 5 heteroatoms. The van der Waals surface area contributed by atoms with E-state index < -0.39 is 15.6 Å². The zero-order valence-corrected chi connectivity index (χ0v) is 14.0. The van der Waals surface area contributed by atoms with Gasteiger partial charge in [0, 0.05) is 11.7 Å². The number of para-hydroxylation sites is 1. The summed E-state index contributed by atoms with van der Waals surface area (Å²) in [4.78, 5) is 14.4. The monoisotopic (exact) mass is 329 g/mol. The molecule has 0 aliphatic carbocycles. The summed E-state index contributed by atoms with van der Waals surface area (Å²) < 4.78 is 25.0. The Labute approximate surface area is 136 Å². The smallest absolute Gasteiger partial charge is 0.242 e. The van der Waals surface area contributed by atoms with Gasteiger partial charge in [-0.15, -0.1) is 0 Å². The van der Waals surface area contributed by atoms with E-state index in [1.807, 2.05) is 38.1 Å². The van der Waals surface area contributed by atoms with Crippen LogP contribution >= 0.6 is 0 Å². The van der Waals surface area contributed by atoms with E-state index in [1.54, 1.807) is 29.2 Å². The van der Waals surface area contributed by atoms with Gasteiger partial charge >= 0.3 is 0 Å². The van der Waals surface area contributed by atoms with E-state index in [1.165, 1.54) is 0 Å². The maximum absolute atomic E-state index is 12.6. The molecular weight excluding hydrogens is 310 g/mol.